The van der Waals surface area contributed by atoms with Gasteiger partial charge in [0.05, 0.1) is 0 Å². The van der Waals surface area contributed by atoms with E-state index < -0.39 is 10.0 Å². The van der Waals surface area contributed by atoms with Crippen LogP contribution in [0.25, 0.3) is 0 Å². The van der Waals surface area contributed by atoms with Gasteiger partial charge in [0.25, 0.3) is 10.0 Å². The van der Waals surface area contributed by atoms with Gasteiger partial charge in [-0.3, -0.25) is 4.79 Å². The molecule has 1 heterocycles. The van der Waals surface area contributed by atoms with Crippen molar-refractivity contribution in [3.63, 3.8) is 0 Å². The fourth-order valence-electron chi connectivity index (χ4n) is 0.467. The van der Waals surface area contributed by atoms with E-state index in [1.807, 2.05) is 0 Å². The zero-order valence-corrected chi connectivity index (χ0v) is 7.65. The Morgan fingerprint density at radius 1 is 1.50 bits per heavy atom. The molecule has 0 unspecified atom stereocenters. The summed E-state index contributed by atoms with van der Waals surface area (Å²) in [7, 11) is -3.82. The second-order valence-electron chi connectivity index (χ2n) is 1.97. The summed E-state index contributed by atoms with van der Waals surface area (Å²) in [6, 6.07) is 0. The maximum atomic E-state index is 10.7. The molecule has 2 N–H and O–H groups in total. The van der Waals surface area contributed by atoms with Gasteiger partial charge in [-0.1, -0.05) is 11.3 Å². The lowest BCUT2D eigenvalue weighted by atomic mass is 10.5. The lowest BCUT2D eigenvalue weighted by Gasteiger charge is -1.84. The van der Waals surface area contributed by atoms with Crippen LogP contribution in [0.5, 0.6) is 0 Å². The van der Waals surface area contributed by atoms with Crippen LogP contribution in [-0.2, 0) is 10.0 Å². The third kappa shape index (κ3) is 1.84. The van der Waals surface area contributed by atoms with Gasteiger partial charge in [-0.15, -0.1) is 10.2 Å². The smallest absolute Gasteiger partial charge is 0.267 e. The Labute approximate surface area is 72.5 Å². The molecule has 0 spiro atoms. The second kappa shape index (κ2) is 2.88. The van der Waals surface area contributed by atoms with Gasteiger partial charge in [0.15, 0.2) is 10.8 Å². The molecule has 12 heavy (non-hydrogen) atoms. The summed E-state index contributed by atoms with van der Waals surface area (Å²) >= 11 is 0.663. The molecule has 0 saturated heterocycles. The van der Waals surface area contributed by atoms with Gasteiger partial charge in [-0.05, 0) is 0 Å². The molecule has 0 bridgehead atoms. The van der Waals surface area contributed by atoms with E-state index in [0.717, 1.165) is 0 Å². The quantitative estimate of drug-likeness (QED) is 0.651. The third-order valence-electron chi connectivity index (χ3n) is 0.951. The number of carbonyl (C=O) groups excluding carboxylic acids is 1. The summed E-state index contributed by atoms with van der Waals surface area (Å²) < 4.78 is 20.9. The first-order valence-corrected chi connectivity index (χ1v) is 5.15. The SMILES string of the molecule is CC(=O)c1nnc(S(N)(=O)=O)s1. The van der Waals surface area contributed by atoms with Crippen LogP contribution in [0, 0.1) is 0 Å². The monoisotopic (exact) mass is 207 g/mol. The highest BCUT2D eigenvalue weighted by Gasteiger charge is 2.16. The van der Waals surface area contributed by atoms with Gasteiger partial charge >= 0.3 is 0 Å². The Morgan fingerprint density at radius 3 is 2.33 bits per heavy atom. The number of aromatic nitrogens is 2. The zero-order valence-electron chi connectivity index (χ0n) is 6.01. The van der Waals surface area contributed by atoms with E-state index >= 15 is 0 Å². The summed E-state index contributed by atoms with van der Waals surface area (Å²) in [4.78, 5) is 10.7. The molecule has 0 fully saturated rings. The molecule has 1 rings (SSSR count). The lowest BCUT2D eigenvalue weighted by Crippen LogP contribution is -2.11. The third-order valence-corrected chi connectivity index (χ3v) is 3.29. The first kappa shape index (κ1) is 9.23. The Kier molecular flexibility index (Phi) is 2.22. The van der Waals surface area contributed by atoms with Gasteiger partial charge in [-0.2, -0.15) is 0 Å². The van der Waals surface area contributed by atoms with Crippen LogP contribution in [-0.4, -0.2) is 24.4 Å². The van der Waals surface area contributed by atoms with Gasteiger partial charge in [0.2, 0.25) is 4.34 Å². The molecule has 6 nitrogen and oxygen atoms in total. The van der Waals surface area contributed by atoms with Gasteiger partial charge in [-0.25, -0.2) is 13.6 Å². The van der Waals surface area contributed by atoms with Crippen molar-refractivity contribution in [1.82, 2.24) is 10.2 Å². The number of nitrogens with zero attached hydrogens (tertiary/aromatic N) is 2. The average Bonchev–Trinajstić information content (AvgIpc) is 2.30. The minimum absolute atomic E-state index is 0.0408. The number of rotatable bonds is 2. The van der Waals surface area contributed by atoms with E-state index in [0.29, 0.717) is 11.3 Å². The summed E-state index contributed by atoms with van der Waals surface area (Å²) in [6.45, 7) is 1.27. The minimum atomic E-state index is -3.82. The summed E-state index contributed by atoms with van der Waals surface area (Å²) in [6.07, 6.45) is 0. The highest BCUT2D eigenvalue weighted by Crippen LogP contribution is 2.13. The molecule has 0 atom stereocenters. The van der Waals surface area contributed by atoms with Gasteiger partial charge in [0, 0.05) is 6.92 Å². The van der Waals surface area contributed by atoms with E-state index in [2.05, 4.69) is 10.2 Å². The van der Waals surface area contributed by atoms with Crippen molar-refractivity contribution >= 4 is 27.1 Å². The van der Waals surface area contributed by atoms with Crippen LogP contribution in [0.4, 0.5) is 0 Å². The number of nitrogens with two attached hydrogens (primary N) is 1. The van der Waals surface area contributed by atoms with Crippen LogP contribution in [0.3, 0.4) is 0 Å². The van der Waals surface area contributed by atoms with Crippen molar-refractivity contribution in [2.45, 2.75) is 11.3 Å². The van der Waals surface area contributed by atoms with E-state index in [1.54, 1.807) is 0 Å². The fourth-order valence-corrected chi connectivity index (χ4v) is 1.80. The maximum Gasteiger partial charge on any atom is 0.267 e. The zero-order chi connectivity index (χ0) is 9.35. The molecule has 8 heteroatoms. The van der Waals surface area contributed by atoms with E-state index in [9.17, 15) is 13.2 Å². The van der Waals surface area contributed by atoms with Crippen molar-refractivity contribution in [1.29, 1.82) is 0 Å². The highest BCUT2D eigenvalue weighted by molar-refractivity contribution is 7.91. The molecule has 1 aromatic heterocycles. The van der Waals surface area contributed by atoms with Crippen LogP contribution >= 0.6 is 11.3 Å². The maximum absolute atomic E-state index is 10.7. The molecule has 0 amide bonds. The van der Waals surface area contributed by atoms with E-state index in [1.165, 1.54) is 6.92 Å². The fraction of sp³-hybridized carbons (Fsp3) is 0.250. The number of hydrogen-bond acceptors (Lipinski definition) is 6. The molecule has 0 saturated carbocycles. The number of primary sulfonamides is 1. The predicted octanol–water partition coefficient (Wildman–Crippen LogP) is -0.612. The van der Waals surface area contributed by atoms with Crippen molar-refractivity contribution < 1.29 is 13.2 Å². The Morgan fingerprint density at radius 2 is 2.08 bits per heavy atom. The topological polar surface area (TPSA) is 103 Å². The van der Waals surface area contributed by atoms with E-state index in [-0.39, 0.29) is 15.1 Å². The summed E-state index contributed by atoms with van der Waals surface area (Å²) in [5.41, 5.74) is 0. The lowest BCUT2D eigenvalue weighted by molar-refractivity contribution is 0.101. The van der Waals surface area contributed by atoms with Crippen molar-refractivity contribution in [2.24, 2.45) is 5.14 Å². The van der Waals surface area contributed by atoms with Crippen molar-refractivity contribution in [3.8, 4) is 0 Å². The molecule has 0 radical (unpaired) electrons. The van der Waals surface area contributed by atoms with Crippen LogP contribution in [0.15, 0.2) is 4.34 Å². The first-order valence-electron chi connectivity index (χ1n) is 2.78. The molecule has 0 aromatic carbocycles. The standard InChI is InChI=1S/C4H5N3O3S2/c1-2(8)3-6-7-4(11-3)12(5,9)10/h1H3,(H2,5,9,10). The highest BCUT2D eigenvalue weighted by atomic mass is 32.2. The molecule has 66 valence electrons. The minimum Gasteiger partial charge on any atom is -0.292 e. The second-order valence-corrected chi connectivity index (χ2v) is 4.69. The predicted molar refractivity (Wildman–Crippen MR) is 41.3 cm³/mol. The molecule has 0 aliphatic carbocycles. The number of ketones is 1. The van der Waals surface area contributed by atoms with Crippen molar-refractivity contribution in [2.75, 3.05) is 0 Å². The Hall–Kier alpha value is -0.860. The van der Waals surface area contributed by atoms with Crippen molar-refractivity contribution in [3.05, 3.63) is 5.01 Å². The number of hydrogen-bond donors (Lipinski definition) is 1. The van der Waals surface area contributed by atoms with Crippen LogP contribution in [0.2, 0.25) is 0 Å². The summed E-state index contributed by atoms with van der Waals surface area (Å²) in [5.74, 6) is -0.331. The largest absolute Gasteiger partial charge is 0.292 e. The van der Waals surface area contributed by atoms with Gasteiger partial charge < -0.3 is 0 Å². The van der Waals surface area contributed by atoms with E-state index in [4.69, 9.17) is 5.14 Å². The van der Waals surface area contributed by atoms with Gasteiger partial charge in [0.1, 0.15) is 0 Å². The summed E-state index contributed by atoms with van der Waals surface area (Å²) in [5, 5.41) is 11.4. The number of Topliss-reactive ketones (excluding diaryl/α,β-unsaturated/α-hetero) is 1. The Bertz CT molecular complexity index is 407. The first-order chi connectivity index (χ1) is 5.41. The molecule has 0 aliphatic rings. The van der Waals surface area contributed by atoms with Crippen LogP contribution < -0.4 is 5.14 Å². The molecule has 1 aromatic rings. The van der Waals surface area contributed by atoms with Crippen LogP contribution in [0.1, 0.15) is 16.7 Å². The molecule has 0 aliphatic heterocycles. The number of sulfonamides is 1. The normalized spacial score (nSPS) is 11.5. The number of carbonyl (C=O) groups is 1. The molecular formula is C4H5N3O3S2. The molecular weight excluding hydrogens is 202 g/mol. The average molecular weight is 207 g/mol. The Balaban J connectivity index is 3.17.